The third kappa shape index (κ3) is 1.55. The molecule has 0 bridgehead atoms. The van der Waals surface area contributed by atoms with Crippen molar-refractivity contribution in [3.8, 4) is 0 Å². The fourth-order valence-corrected chi connectivity index (χ4v) is 2.39. The van der Waals surface area contributed by atoms with Crippen LogP contribution in [0.4, 0.5) is 0 Å². The van der Waals surface area contributed by atoms with E-state index in [-0.39, 0.29) is 0 Å². The van der Waals surface area contributed by atoms with E-state index < -0.39 is 8.32 Å². The summed E-state index contributed by atoms with van der Waals surface area (Å²) >= 11 is 0. The van der Waals surface area contributed by atoms with Gasteiger partial charge in [0.2, 0.25) is 0 Å². The predicted octanol–water partition coefficient (Wildman–Crippen LogP) is 1.28. The maximum absolute atomic E-state index is 10.0. The molecule has 0 aliphatic carbocycles. The van der Waals surface area contributed by atoms with E-state index in [4.69, 9.17) is 0 Å². The molecule has 0 radical (unpaired) electrons. The van der Waals surface area contributed by atoms with E-state index in [2.05, 4.69) is 13.2 Å². The molecule has 0 heterocycles. The lowest BCUT2D eigenvalue weighted by Gasteiger charge is -2.15. The third-order valence-corrected chi connectivity index (χ3v) is 4.36. The molecular weight excluding hydrogens is 164 g/mol. The van der Waals surface area contributed by atoms with Gasteiger partial charge in [-0.3, -0.25) is 0 Å². The molecule has 1 nitrogen and oxygen atoms in total. The van der Waals surface area contributed by atoms with Crippen LogP contribution >= 0.6 is 0 Å². The average Bonchev–Trinajstić information content (AvgIpc) is 2.18. The van der Waals surface area contributed by atoms with E-state index in [1.54, 1.807) is 11.4 Å². The minimum atomic E-state index is -2.55. The number of hydrogen-bond acceptors (Lipinski definition) is 1. The lowest BCUT2D eigenvalue weighted by molar-refractivity contribution is 0.581. The molecule has 0 spiro atoms. The first-order valence-electron chi connectivity index (χ1n) is 3.78. The molecule has 0 fully saturated rings. The monoisotopic (exact) mass is 176 g/mol. The largest absolute Gasteiger partial charge is 0.421 e. The topological polar surface area (TPSA) is 20.2 Å². The molecule has 0 saturated carbocycles. The lowest BCUT2D eigenvalue weighted by atomic mass is 10.4. The van der Waals surface area contributed by atoms with Crippen molar-refractivity contribution in [3.05, 3.63) is 54.9 Å². The van der Waals surface area contributed by atoms with Crippen molar-refractivity contribution in [2.45, 2.75) is 0 Å². The summed E-state index contributed by atoms with van der Waals surface area (Å²) in [5.74, 6) is 0. The Kier molecular flexibility index (Phi) is 2.63. The van der Waals surface area contributed by atoms with Gasteiger partial charge in [-0.15, -0.1) is 13.2 Å². The second kappa shape index (κ2) is 3.52. The first kappa shape index (κ1) is 8.97. The van der Waals surface area contributed by atoms with Crippen molar-refractivity contribution in [1.29, 1.82) is 0 Å². The van der Waals surface area contributed by atoms with Crippen molar-refractivity contribution < 1.29 is 4.80 Å². The normalized spacial score (nSPS) is 10.8. The maximum atomic E-state index is 10.0. The highest BCUT2D eigenvalue weighted by molar-refractivity contribution is 6.93. The van der Waals surface area contributed by atoms with Crippen LogP contribution in [0.3, 0.4) is 0 Å². The molecule has 1 rings (SSSR count). The lowest BCUT2D eigenvalue weighted by Crippen LogP contribution is -2.44. The molecule has 0 amide bonds. The molecule has 1 aromatic rings. The first-order chi connectivity index (χ1) is 5.73. The van der Waals surface area contributed by atoms with Crippen molar-refractivity contribution in [3.63, 3.8) is 0 Å². The Labute approximate surface area is 73.8 Å². The molecule has 1 N–H and O–H groups in total. The molecule has 0 aromatic heterocycles. The molecule has 0 aliphatic rings. The van der Waals surface area contributed by atoms with E-state index in [0.29, 0.717) is 0 Å². The van der Waals surface area contributed by atoms with Gasteiger partial charge in [-0.2, -0.15) is 0 Å². The number of benzene rings is 1. The van der Waals surface area contributed by atoms with Crippen molar-refractivity contribution in [1.82, 2.24) is 0 Å². The summed E-state index contributed by atoms with van der Waals surface area (Å²) < 4.78 is 0. The van der Waals surface area contributed by atoms with E-state index in [9.17, 15) is 4.80 Å². The van der Waals surface area contributed by atoms with E-state index >= 15 is 0 Å². The van der Waals surface area contributed by atoms with Crippen molar-refractivity contribution >= 4 is 13.5 Å². The van der Waals surface area contributed by atoms with Gasteiger partial charge in [-0.25, -0.2) is 0 Å². The van der Waals surface area contributed by atoms with Crippen LogP contribution in [0.15, 0.2) is 54.9 Å². The molecule has 0 saturated heterocycles. The fourth-order valence-electron chi connectivity index (χ4n) is 1.02. The summed E-state index contributed by atoms with van der Waals surface area (Å²) in [5.41, 5.74) is 3.21. The standard InChI is InChI=1S/C10H12OSi/c1-3-12(11,4-2)10-8-6-5-7-9-10/h3-9,11H,1-2H2. The zero-order valence-corrected chi connectivity index (χ0v) is 7.90. The van der Waals surface area contributed by atoms with Crippen LogP contribution in [0.25, 0.3) is 0 Å². The van der Waals surface area contributed by atoms with Gasteiger partial charge >= 0.3 is 0 Å². The van der Waals surface area contributed by atoms with Crippen molar-refractivity contribution in [2.24, 2.45) is 0 Å². The molecule has 0 atom stereocenters. The Morgan fingerprint density at radius 3 is 2.00 bits per heavy atom. The number of hydrogen-bond donors (Lipinski definition) is 1. The predicted molar refractivity (Wildman–Crippen MR) is 54.4 cm³/mol. The Morgan fingerprint density at radius 2 is 1.58 bits per heavy atom. The highest BCUT2D eigenvalue weighted by atomic mass is 28.4. The second-order valence-corrected chi connectivity index (χ2v) is 5.64. The van der Waals surface area contributed by atoms with Crippen LogP contribution in [0.5, 0.6) is 0 Å². The summed E-state index contributed by atoms with van der Waals surface area (Å²) in [5, 5.41) is 0.926. The Hall–Kier alpha value is -1.12. The zero-order valence-electron chi connectivity index (χ0n) is 6.90. The molecule has 12 heavy (non-hydrogen) atoms. The molecule has 0 unspecified atom stereocenters. The van der Waals surface area contributed by atoms with Gasteiger partial charge in [0.05, 0.1) is 0 Å². The smallest absolute Gasteiger partial charge is 0.269 e. The van der Waals surface area contributed by atoms with Gasteiger partial charge in [0, 0.05) is 0 Å². The van der Waals surface area contributed by atoms with Gasteiger partial charge < -0.3 is 4.80 Å². The van der Waals surface area contributed by atoms with Gasteiger partial charge in [0.15, 0.2) is 0 Å². The van der Waals surface area contributed by atoms with E-state index in [1.165, 1.54) is 0 Å². The average molecular weight is 176 g/mol. The molecule has 62 valence electrons. The summed E-state index contributed by atoms with van der Waals surface area (Å²) in [6, 6.07) is 9.52. The maximum Gasteiger partial charge on any atom is 0.269 e. The molecule has 2 heteroatoms. The van der Waals surface area contributed by atoms with Gasteiger partial charge in [0.1, 0.15) is 0 Å². The zero-order chi connectivity index (χ0) is 9.03. The highest BCUT2D eigenvalue weighted by Gasteiger charge is 2.24. The van der Waals surface area contributed by atoms with Crippen LogP contribution < -0.4 is 5.19 Å². The summed E-state index contributed by atoms with van der Waals surface area (Å²) in [6.07, 6.45) is 0. The second-order valence-electron chi connectivity index (χ2n) is 2.60. The van der Waals surface area contributed by atoms with E-state index in [1.807, 2.05) is 30.3 Å². The van der Waals surface area contributed by atoms with Crippen LogP contribution in [0.2, 0.25) is 0 Å². The summed E-state index contributed by atoms with van der Waals surface area (Å²) in [7, 11) is -2.55. The van der Waals surface area contributed by atoms with Crippen LogP contribution in [0.1, 0.15) is 0 Å². The summed E-state index contributed by atoms with van der Waals surface area (Å²) in [4.78, 5) is 10.0. The molecule has 1 aromatic carbocycles. The Bertz CT molecular complexity index is 271. The van der Waals surface area contributed by atoms with Gasteiger partial charge in [0.25, 0.3) is 8.32 Å². The van der Waals surface area contributed by atoms with Gasteiger partial charge in [-0.05, 0) is 5.19 Å². The van der Waals surface area contributed by atoms with Crippen LogP contribution in [0, 0.1) is 0 Å². The fraction of sp³-hybridized carbons (Fsp3) is 0. The highest BCUT2D eigenvalue weighted by Crippen LogP contribution is 2.01. The molecular formula is C10H12OSi. The Balaban J connectivity index is 3.11. The Morgan fingerprint density at radius 1 is 1.08 bits per heavy atom. The summed E-state index contributed by atoms with van der Waals surface area (Å²) in [6.45, 7) is 7.24. The minimum Gasteiger partial charge on any atom is -0.421 e. The number of rotatable bonds is 3. The minimum absolute atomic E-state index is 0.926. The van der Waals surface area contributed by atoms with Crippen LogP contribution in [-0.2, 0) is 0 Å². The van der Waals surface area contributed by atoms with Gasteiger partial charge in [-0.1, -0.05) is 41.7 Å². The van der Waals surface area contributed by atoms with E-state index in [0.717, 1.165) is 5.19 Å². The third-order valence-electron chi connectivity index (χ3n) is 1.86. The van der Waals surface area contributed by atoms with Crippen molar-refractivity contribution in [2.75, 3.05) is 0 Å². The van der Waals surface area contributed by atoms with Crippen LogP contribution in [-0.4, -0.2) is 13.1 Å². The first-order valence-corrected chi connectivity index (χ1v) is 5.88. The molecule has 0 aliphatic heterocycles. The SMILES string of the molecule is C=C[Si](O)(C=C)c1ccccc1. The quantitative estimate of drug-likeness (QED) is 0.688.